The van der Waals surface area contributed by atoms with E-state index >= 15 is 0 Å². The van der Waals surface area contributed by atoms with Gasteiger partial charge in [0.05, 0.1) is 0 Å². The lowest BCUT2D eigenvalue weighted by Crippen LogP contribution is -2.12. The molecule has 2 aromatic rings. The van der Waals surface area contributed by atoms with Crippen molar-refractivity contribution >= 4 is 5.78 Å². The second kappa shape index (κ2) is 5.24. The van der Waals surface area contributed by atoms with Crippen LogP contribution in [-0.4, -0.2) is 5.78 Å². The summed E-state index contributed by atoms with van der Waals surface area (Å²) in [6, 6.07) is 14.8. The molecule has 2 aromatic carbocycles. The van der Waals surface area contributed by atoms with Crippen molar-refractivity contribution in [3.63, 3.8) is 0 Å². The van der Waals surface area contributed by atoms with Gasteiger partial charge in [0.2, 0.25) is 0 Å². The molecule has 0 aromatic heterocycles. The van der Waals surface area contributed by atoms with E-state index < -0.39 is 0 Å². The van der Waals surface area contributed by atoms with Crippen molar-refractivity contribution < 1.29 is 4.79 Å². The van der Waals surface area contributed by atoms with E-state index in [-0.39, 0.29) is 5.78 Å². The molecule has 0 aliphatic heterocycles. The smallest absolute Gasteiger partial charge is 0.159 e. The molecule has 0 radical (unpaired) electrons. The van der Waals surface area contributed by atoms with Gasteiger partial charge in [-0.25, -0.2) is 0 Å². The van der Waals surface area contributed by atoms with Crippen molar-refractivity contribution in [1.29, 1.82) is 0 Å². The topological polar surface area (TPSA) is 17.1 Å². The molecule has 1 aliphatic rings. The van der Waals surface area contributed by atoms with E-state index in [1.165, 1.54) is 41.5 Å². The maximum atomic E-state index is 11.4. The summed E-state index contributed by atoms with van der Waals surface area (Å²) in [4.78, 5) is 11.4. The van der Waals surface area contributed by atoms with E-state index in [4.69, 9.17) is 0 Å². The summed E-state index contributed by atoms with van der Waals surface area (Å²) >= 11 is 0. The van der Waals surface area contributed by atoms with Crippen molar-refractivity contribution in [3.05, 3.63) is 70.3 Å². The van der Waals surface area contributed by atoms with Crippen molar-refractivity contribution in [2.24, 2.45) is 0 Å². The number of Topliss-reactive ketones (excluding diaryl/α,β-unsaturated/α-hetero) is 1. The molecule has 1 atom stereocenters. The number of aryl methyl sites for hydroxylation is 1. The Morgan fingerprint density at radius 1 is 1.10 bits per heavy atom. The number of benzene rings is 2. The molecule has 1 aliphatic carbocycles. The molecule has 20 heavy (non-hydrogen) atoms. The molecule has 3 rings (SSSR count). The summed E-state index contributed by atoms with van der Waals surface area (Å²) in [7, 11) is 0. The molecule has 102 valence electrons. The molecule has 0 spiro atoms. The SMILES string of the molecule is CC(=O)c1ccc(C2CCCc3c(C)cccc32)cc1. The highest BCUT2D eigenvalue weighted by molar-refractivity contribution is 5.94. The minimum absolute atomic E-state index is 0.136. The Kier molecular flexibility index (Phi) is 3.43. The molecule has 1 nitrogen and oxygen atoms in total. The summed E-state index contributed by atoms with van der Waals surface area (Å²) in [5, 5.41) is 0. The number of fused-ring (bicyclic) bond motifs is 1. The van der Waals surface area contributed by atoms with Crippen LogP contribution in [0.25, 0.3) is 0 Å². The monoisotopic (exact) mass is 264 g/mol. The maximum absolute atomic E-state index is 11.4. The van der Waals surface area contributed by atoms with Gasteiger partial charge in [-0.3, -0.25) is 4.79 Å². The van der Waals surface area contributed by atoms with E-state index in [0.717, 1.165) is 5.56 Å². The zero-order valence-electron chi connectivity index (χ0n) is 12.1. The van der Waals surface area contributed by atoms with Crippen LogP contribution < -0.4 is 0 Å². The largest absolute Gasteiger partial charge is 0.295 e. The lowest BCUT2D eigenvalue weighted by molar-refractivity contribution is 0.101. The number of hydrogen-bond donors (Lipinski definition) is 0. The van der Waals surface area contributed by atoms with Crippen LogP contribution in [0.1, 0.15) is 58.3 Å². The highest BCUT2D eigenvalue weighted by Gasteiger charge is 2.22. The van der Waals surface area contributed by atoms with Crippen LogP contribution >= 0.6 is 0 Å². The molecule has 0 bridgehead atoms. The fraction of sp³-hybridized carbons (Fsp3) is 0.316. The Hall–Kier alpha value is -1.89. The van der Waals surface area contributed by atoms with Crippen LogP contribution in [-0.2, 0) is 6.42 Å². The Balaban J connectivity index is 2.00. The van der Waals surface area contributed by atoms with Crippen molar-refractivity contribution in [2.45, 2.75) is 39.0 Å². The zero-order valence-corrected chi connectivity index (χ0v) is 12.1. The first-order valence-electron chi connectivity index (χ1n) is 7.36. The molecular formula is C19H20O. The predicted molar refractivity (Wildman–Crippen MR) is 82.4 cm³/mol. The summed E-state index contributed by atoms with van der Waals surface area (Å²) in [6.45, 7) is 3.83. The van der Waals surface area contributed by atoms with Crippen LogP contribution in [0, 0.1) is 6.92 Å². The number of rotatable bonds is 2. The number of carbonyl (C=O) groups excluding carboxylic acids is 1. The second-order valence-electron chi connectivity index (χ2n) is 5.77. The Morgan fingerprint density at radius 3 is 2.55 bits per heavy atom. The molecule has 1 unspecified atom stereocenters. The van der Waals surface area contributed by atoms with Crippen molar-refractivity contribution in [1.82, 2.24) is 0 Å². The molecule has 1 heteroatoms. The Labute approximate surface area is 120 Å². The fourth-order valence-corrected chi connectivity index (χ4v) is 3.33. The van der Waals surface area contributed by atoms with Crippen LogP contribution in [0.15, 0.2) is 42.5 Å². The van der Waals surface area contributed by atoms with Crippen molar-refractivity contribution in [2.75, 3.05) is 0 Å². The van der Waals surface area contributed by atoms with E-state index in [1.54, 1.807) is 6.92 Å². The predicted octanol–water partition coefficient (Wildman–Crippen LogP) is 4.67. The highest BCUT2D eigenvalue weighted by Crippen LogP contribution is 2.37. The first-order valence-corrected chi connectivity index (χ1v) is 7.36. The van der Waals surface area contributed by atoms with Crippen LogP contribution in [0.2, 0.25) is 0 Å². The molecule has 0 fully saturated rings. The van der Waals surface area contributed by atoms with Gasteiger partial charge in [-0.05, 0) is 55.4 Å². The van der Waals surface area contributed by atoms with Crippen molar-refractivity contribution in [3.8, 4) is 0 Å². The van der Waals surface area contributed by atoms with Gasteiger partial charge in [-0.15, -0.1) is 0 Å². The van der Waals surface area contributed by atoms with Gasteiger partial charge >= 0.3 is 0 Å². The number of ketones is 1. The number of hydrogen-bond acceptors (Lipinski definition) is 1. The minimum atomic E-state index is 0.136. The van der Waals surface area contributed by atoms with E-state index in [9.17, 15) is 4.79 Å². The first-order chi connectivity index (χ1) is 9.66. The molecule has 0 amide bonds. The standard InChI is InChI=1S/C19H20O/c1-13-5-3-8-19-17(13)6-4-7-18(19)16-11-9-15(10-12-16)14(2)20/h3,5,8-12,18H,4,6-7H2,1-2H3. The van der Waals surface area contributed by atoms with E-state index in [0.29, 0.717) is 5.92 Å². The van der Waals surface area contributed by atoms with Crippen LogP contribution in [0.4, 0.5) is 0 Å². The van der Waals surface area contributed by atoms with Gasteiger partial charge in [0.15, 0.2) is 5.78 Å². The third-order valence-electron chi connectivity index (χ3n) is 4.46. The van der Waals surface area contributed by atoms with Gasteiger partial charge < -0.3 is 0 Å². The van der Waals surface area contributed by atoms with Crippen LogP contribution in [0.5, 0.6) is 0 Å². The highest BCUT2D eigenvalue weighted by atomic mass is 16.1. The average molecular weight is 264 g/mol. The van der Waals surface area contributed by atoms with Crippen LogP contribution in [0.3, 0.4) is 0 Å². The molecule has 0 heterocycles. The Morgan fingerprint density at radius 2 is 1.85 bits per heavy atom. The van der Waals surface area contributed by atoms with Gasteiger partial charge in [0.25, 0.3) is 0 Å². The summed E-state index contributed by atoms with van der Waals surface area (Å²) in [5.74, 6) is 0.621. The van der Waals surface area contributed by atoms with Gasteiger partial charge in [-0.1, -0.05) is 42.5 Å². The molecule has 0 saturated carbocycles. The van der Waals surface area contributed by atoms with Gasteiger partial charge in [0.1, 0.15) is 0 Å². The van der Waals surface area contributed by atoms with Gasteiger partial charge in [0, 0.05) is 11.5 Å². The van der Waals surface area contributed by atoms with E-state index in [1.807, 2.05) is 12.1 Å². The Bertz CT molecular complexity index is 637. The van der Waals surface area contributed by atoms with E-state index in [2.05, 4.69) is 37.3 Å². The molecular weight excluding hydrogens is 244 g/mol. The lowest BCUT2D eigenvalue weighted by Gasteiger charge is -2.27. The fourth-order valence-electron chi connectivity index (χ4n) is 3.33. The number of carbonyl (C=O) groups is 1. The third kappa shape index (κ3) is 2.29. The maximum Gasteiger partial charge on any atom is 0.159 e. The quantitative estimate of drug-likeness (QED) is 0.721. The normalized spacial score (nSPS) is 17.6. The summed E-state index contributed by atoms with van der Waals surface area (Å²) in [5.41, 5.74) is 6.55. The third-order valence-corrected chi connectivity index (χ3v) is 4.46. The summed E-state index contributed by atoms with van der Waals surface area (Å²) in [6.07, 6.45) is 3.65. The van der Waals surface area contributed by atoms with Gasteiger partial charge in [-0.2, -0.15) is 0 Å². The first kappa shape index (κ1) is 13.1. The average Bonchev–Trinajstić information content (AvgIpc) is 2.47. The molecule has 0 saturated heterocycles. The molecule has 0 N–H and O–H groups in total. The zero-order chi connectivity index (χ0) is 14.1. The summed E-state index contributed by atoms with van der Waals surface area (Å²) < 4.78 is 0. The second-order valence-corrected chi connectivity index (χ2v) is 5.77. The lowest BCUT2D eigenvalue weighted by atomic mass is 9.77. The minimum Gasteiger partial charge on any atom is -0.295 e.